The maximum absolute atomic E-state index is 12.4. The predicted molar refractivity (Wildman–Crippen MR) is 73.6 cm³/mol. The average Bonchev–Trinajstić information content (AvgIpc) is 2.28. The van der Waals surface area contributed by atoms with Crippen LogP contribution < -0.4 is 0 Å². The molecule has 1 heterocycles. The molecule has 1 aliphatic rings. The van der Waals surface area contributed by atoms with Gasteiger partial charge in [0, 0.05) is 18.5 Å². The third-order valence-electron chi connectivity index (χ3n) is 3.29. The van der Waals surface area contributed by atoms with Crippen molar-refractivity contribution in [2.75, 3.05) is 18.2 Å². The minimum absolute atomic E-state index is 0.0119. The zero-order valence-corrected chi connectivity index (χ0v) is 12.6. The number of hydrogen-bond acceptors (Lipinski definition) is 3. The van der Waals surface area contributed by atoms with Crippen molar-refractivity contribution < 1.29 is 13.2 Å². The predicted octanol–water partition coefficient (Wildman–Crippen LogP) is 1.82. The number of alkyl halides is 1. The molecule has 1 unspecified atom stereocenters. The number of sulfone groups is 1. The van der Waals surface area contributed by atoms with Crippen molar-refractivity contribution in [3.05, 3.63) is 0 Å². The topological polar surface area (TPSA) is 54.5 Å². The van der Waals surface area contributed by atoms with E-state index in [-0.39, 0.29) is 17.7 Å². The summed E-state index contributed by atoms with van der Waals surface area (Å²) in [7, 11) is -3.25. The zero-order valence-electron chi connectivity index (χ0n) is 11.1. The van der Waals surface area contributed by atoms with E-state index in [1.165, 1.54) is 0 Å². The van der Waals surface area contributed by atoms with E-state index in [2.05, 4.69) is 0 Å². The second kappa shape index (κ2) is 6.75. The van der Waals surface area contributed by atoms with Crippen molar-refractivity contribution in [2.24, 2.45) is 0 Å². The Kier molecular flexibility index (Phi) is 5.92. The van der Waals surface area contributed by atoms with Crippen LogP contribution in [0.2, 0.25) is 0 Å². The molecule has 0 bridgehead atoms. The van der Waals surface area contributed by atoms with Crippen LogP contribution in [0.1, 0.15) is 39.5 Å². The second-order valence-corrected chi connectivity index (χ2v) is 7.70. The number of amides is 1. The Morgan fingerprint density at radius 2 is 2.06 bits per heavy atom. The van der Waals surface area contributed by atoms with Crippen LogP contribution in [0.3, 0.4) is 0 Å². The van der Waals surface area contributed by atoms with Crippen molar-refractivity contribution in [3.63, 3.8) is 0 Å². The summed E-state index contributed by atoms with van der Waals surface area (Å²) in [4.78, 5) is 14.0. The Balaban J connectivity index is 2.81. The highest BCUT2D eigenvalue weighted by Crippen LogP contribution is 2.22. The number of halogens is 1. The van der Waals surface area contributed by atoms with E-state index in [1.807, 2.05) is 13.8 Å². The number of nitrogens with zero attached hydrogens (tertiary/aromatic N) is 1. The Bertz CT molecular complexity index is 381. The van der Waals surface area contributed by atoms with Gasteiger partial charge in [0.15, 0.2) is 9.84 Å². The molecule has 0 N–H and O–H groups in total. The summed E-state index contributed by atoms with van der Waals surface area (Å²) in [6.45, 7) is 4.34. The van der Waals surface area contributed by atoms with Gasteiger partial charge in [0.2, 0.25) is 5.91 Å². The van der Waals surface area contributed by atoms with Gasteiger partial charge in [-0.2, -0.15) is 0 Å². The van der Waals surface area contributed by atoms with Crippen molar-refractivity contribution in [2.45, 2.75) is 50.8 Å². The van der Waals surface area contributed by atoms with Gasteiger partial charge in [0.25, 0.3) is 0 Å². The normalized spacial score (nSPS) is 23.0. The molecule has 0 saturated carbocycles. The third kappa shape index (κ3) is 3.85. The van der Waals surface area contributed by atoms with E-state index in [9.17, 15) is 13.2 Å². The fourth-order valence-corrected chi connectivity index (χ4v) is 4.25. The fraction of sp³-hybridized carbons (Fsp3) is 0.917. The van der Waals surface area contributed by atoms with Crippen molar-refractivity contribution in [1.82, 2.24) is 4.90 Å². The van der Waals surface area contributed by atoms with Gasteiger partial charge in [-0.1, -0.05) is 6.42 Å². The first-order chi connectivity index (χ1) is 8.40. The van der Waals surface area contributed by atoms with E-state index in [1.54, 1.807) is 4.90 Å². The second-order valence-electron chi connectivity index (χ2n) is 5.02. The van der Waals surface area contributed by atoms with E-state index in [4.69, 9.17) is 11.6 Å². The van der Waals surface area contributed by atoms with Crippen LogP contribution in [-0.2, 0) is 14.6 Å². The number of carbonyl (C=O) groups is 1. The molecule has 0 aromatic carbocycles. The van der Waals surface area contributed by atoms with Crippen molar-refractivity contribution in [3.8, 4) is 0 Å². The molecule has 0 aliphatic carbocycles. The molecule has 1 atom stereocenters. The molecule has 1 amide bonds. The molecule has 0 aromatic rings. The number of carbonyl (C=O) groups excluding carboxylic acids is 1. The highest BCUT2D eigenvalue weighted by molar-refractivity contribution is 7.92. The molecule has 106 valence electrons. The molecule has 1 fully saturated rings. The van der Waals surface area contributed by atoms with Crippen LogP contribution in [-0.4, -0.2) is 48.7 Å². The first-order valence-electron chi connectivity index (χ1n) is 6.48. The minimum Gasteiger partial charge on any atom is -0.339 e. The molecule has 18 heavy (non-hydrogen) atoms. The Morgan fingerprint density at radius 1 is 1.39 bits per heavy atom. The Labute approximate surface area is 115 Å². The van der Waals surface area contributed by atoms with E-state index < -0.39 is 15.1 Å². The lowest BCUT2D eigenvalue weighted by atomic mass is 10.1. The highest BCUT2D eigenvalue weighted by Gasteiger charge is 2.37. The highest BCUT2D eigenvalue weighted by atomic mass is 35.5. The molecule has 1 rings (SSSR count). The maximum atomic E-state index is 12.4. The van der Waals surface area contributed by atoms with Crippen molar-refractivity contribution in [1.29, 1.82) is 0 Å². The van der Waals surface area contributed by atoms with Gasteiger partial charge < -0.3 is 4.90 Å². The zero-order chi connectivity index (χ0) is 13.8. The van der Waals surface area contributed by atoms with Crippen LogP contribution in [0.4, 0.5) is 0 Å². The van der Waals surface area contributed by atoms with Gasteiger partial charge in [0.1, 0.15) is 5.25 Å². The van der Waals surface area contributed by atoms with Gasteiger partial charge in [0.05, 0.1) is 5.75 Å². The first-order valence-corrected chi connectivity index (χ1v) is 8.73. The van der Waals surface area contributed by atoms with Gasteiger partial charge >= 0.3 is 0 Å². The summed E-state index contributed by atoms with van der Waals surface area (Å²) in [6.07, 6.45) is 2.65. The van der Waals surface area contributed by atoms with Crippen molar-refractivity contribution >= 4 is 27.3 Å². The Morgan fingerprint density at radius 3 is 2.56 bits per heavy atom. The van der Waals surface area contributed by atoms with E-state index in [0.717, 1.165) is 6.42 Å². The van der Waals surface area contributed by atoms with E-state index >= 15 is 0 Å². The average molecular weight is 296 g/mol. The van der Waals surface area contributed by atoms with Gasteiger partial charge in [-0.05, 0) is 33.1 Å². The number of hydrogen-bond donors (Lipinski definition) is 0. The molecule has 0 spiro atoms. The quantitative estimate of drug-likeness (QED) is 0.727. The lowest BCUT2D eigenvalue weighted by molar-refractivity contribution is -0.132. The SMILES string of the molecule is CC(C)N(CCCCl)C(=O)C1CCCCS1(=O)=O. The van der Waals surface area contributed by atoms with Gasteiger partial charge in [-0.3, -0.25) is 4.79 Å². The summed E-state index contributed by atoms with van der Waals surface area (Å²) in [5, 5.41) is -0.830. The number of rotatable bonds is 5. The van der Waals surface area contributed by atoms with Crippen LogP contribution in [0.25, 0.3) is 0 Å². The molecular formula is C12H22ClNO3S. The lowest BCUT2D eigenvalue weighted by Gasteiger charge is -2.31. The summed E-state index contributed by atoms with van der Waals surface area (Å²) < 4.78 is 23.9. The Hall–Kier alpha value is -0.290. The van der Waals surface area contributed by atoms with Crippen LogP contribution in [0.5, 0.6) is 0 Å². The van der Waals surface area contributed by atoms with Crippen LogP contribution >= 0.6 is 11.6 Å². The summed E-state index contributed by atoms with van der Waals surface area (Å²) >= 11 is 5.64. The van der Waals surface area contributed by atoms with Crippen LogP contribution in [0, 0.1) is 0 Å². The largest absolute Gasteiger partial charge is 0.339 e. The molecule has 1 aliphatic heterocycles. The molecule has 4 nitrogen and oxygen atoms in total. The molecule has 0 radical (unpaired) electrons. The smallest absolute Gasteiger partial charge is 0.241 e. The molecular weight excluding hydrogens is 274 g/mol. The molecule has 0 aromatic heterocycles. The van der Waals surface area contributed by atoms with E-state index in [0.29, 0.717) is 31.7 Å². The van der Waals surface area contributed by atoms with Gasteiger partial charge in [-0.15, -0.1) is 11.6 Å². The summed E-state index contributed by atoms with van der Waals surface area (Å²) in [6, 6.07) is 0.0119. The monoisotopic (exact) mass is 295 g/mol. The fourth-order valence-electron chi connectivity index (χ4n) is 2.27. The summed E-state index contributed by atoms with van der Waals surface area (Å²) in [5.41, 5.74) is 0. The lowest BCUT2D eigenvalue weighted by Crippen LogP contribution is -2.48. The molecule has 6 heteroatoms. The van der Waals surface area contributed by atoms with Gasteiger partial charge in [-0.25, -0.2) is 8.42 Å². The summed E-state index contributed by atoms with van der Waals surface area (Å²) in [5.74, 6) is 0.383. The van der Waals surface area contributed by atoms with Crippen LogP contribution in [0.15, 0.2) is 0 Å². The minimum atomic E-state index is -3.25. The molecule has 1 saturated heterocycles. The first kappa shape index (κ1) is 15.8. The maximum Gasteiger partial charge on any atom is 0.241 e. The standard InChI is InChI=1S/C12H22ClNO3S/c1-10(2)14(8-5-7-13)12(15)11-6-3-4-9-18(11,16)17/h10-11H,3-9H2,1-2H3. The third-order valence-corrected chi connectivity index (χ3v) is 5.72.